The van der Waals surface area contributed by atoms with Crippen LogP contribution < -0.4 is 0 Å². The van der Waals surface area contributed by atoms with Crippen LogP contribution in [-0.2, 0) is 20.6 Å². The van der Waals surface area contributed by atoms with Gasteiger partial charge in [-0.3, -0.25) is 0 Å². The molecular weight excluding hydrogens is 344 g/mol. The second-order valence-corrected chi connectivity index (χ2v) is 12.0. The average Bonchev–Trinajstić information content (AvgIpc) is 2.67. The van der Waals surface area contributed by atoms with E-state index in [2.05, 4.69) is 27.7 Å². The maximum atomic E-state index is 11.4. The van der Waals surface area contributed by atoms with Crippen LogP contribution in [0.4, 0.5) is 0 Å². The van der Waals surface area contributed by atoms with E-state index >= 15 is 0 Å². The first-order chi connectivity index (χ1) is 12.4. The van der Waals surface area contributed by atoms with Crippen LogP contribution in [0.2, 0.25) is 18.1 Å². The van der Waals surface area contributed by atoms with Crippen LogP contribution in [0.1, 0.15) is 46.6 Å². The minimum absolute atomic E-state index is 0.0757. The average molecular weight is 381 g/mol. The van der Waals surface area contributed by atoms with Gasteiger partial charge in [-0.2, -0.15) is 0 Å². The lowest BCUT2D eigenvalue weighted by Gasteiger charge is -2.34. The number of benzene rings is 1. The van der Waals surface area contributed by atoms with Gasteiger partial charge >= 0.3 is 0 Å². The normalized spacial score (nSPS) is 16.7. The topological polar surface area (TPSA) is 55.8 Å². The van der Waals surface area contributed by atoms with Gasteiger partial charge in [0, 0.05) is 6.10 Å². The second kappa shape index (κ2) is 11.6. The van der Waals surface area contributed by atoms with Crippen LogP contribution in [0, 0.1) is 5.92 Å². The molecule has 0 bridgehead atoms. The van der Waals surface area contributed by atoms with Gasteiger partial charge in [-0.05, 0) is 43.0 Å². The summed E-state index contributed by atoms with van der Waals surface area (Å²) in [6.07, 6.45) is -0.146. The van der Waals surface area contributed by atoms with Crippen molar-refractivity contribution in [2.45, 2.75) is 84.1 Å². The molecule has 0 radical (unpaired) electrons. The van der Waals surface area contributed by atoms with E-state index in [0.717, 1.165) is 30.1 Å². The summed E-state index contributed by atoms with van der Waals surface area (Å²) >= 11 is 0. The molecule has 4 nitrogen and oxygen atoms in total. The number of aliphatic hydroxyl groups is 1. The number of carbonyl (C=O) groups is 1. The van der Waals surface area contributed by atoms with Gasteiger partial charge < -0.3 is 19.1 Å². The maximum absolute atomic E-state index is 11.4. The molecule has 1 aromatic rings. The Labute approximate surface area is 160 Å². The molecule has 0 fully saturated rings. The molecule has 0 aliphatic rings. The van der Waals surface area contributed by atoms with Crippen LogP contribution in [0.3, 0.4) is 0 Å². The molecule has 0 aliphatic heterocycles. The largest absolute Gasteiger partial charge is 0.414 e. The Balaban J connectivity index is 2.57. The summed E-state index contributed by atoms with van der Waals surface area (Å²) in [4.78, 5) is 11.4. The zero-order valence-corrected chi connectivity index (χ0v) is 18.0. The third kappa shape index (κ3) is 6.95. The Morgan fingerprint density at radius 3 is 2.15 bits per heavy atom. The third-order valence-corrected chi connectivity index (χ3v) is 10.2. The Kier molecular flexibility index (Phi) is 10.3. The van der Waals surface area contributed by atoms with Crippen molar-refractivity contribution in [1.29, 1.82) is 0 Å². The van der Waals surface area contributed by atoms with E-state index in [9.17, 15) is 9.90 Å². The van der Waals surface area contributed by atoms with E-state index in [1.807, 2.05) is 37.3 Å². The zero-order chi connectivity index (χ0) is 19.6. The first-order valence-electron chi connectivity index (χ1n) is 9.88. The molecular formula is C21H36O4Si. The minimum atomic E-state index is -1.66. The molecule has 26 heavy (non-hydrogen) atoms. The molecule has 1 rings (SSSR count). The molecule has 0 unspecified atom stereocenters. The second-order valence-electron chi connectivity index (χ2n) is 7.27. The summed E-state index contributed by atoms with van der Waals surface area (Å²) < 4.78 is 12.1. The predicted octanol–water partition coefficient (Wildman–Crippen LogP) is 4.57. The van der Waals surface area contributed by atoms with Crippen molar-refractivity contribution in [3.05, 3.63) is 35.9 Å². The first kappa shape index (κ1) is 23.0. The van der Waals surface area contributed by atoms with Crippen molar-refractivity contribution in [2.75, 3.05) is 0 Å². The Hall–Kier alpha value is -1.01. The van der Waals surface area contributed by atoms with Gasteiger partial charge in [0.15, 0.2) is 14.6 Å². The quantitative estimate of drug-likeness (QED) is 0.402. The fourth-order valence-electron chi connectivity index (χ4n) is 3.45. The number of carbonyl (C=O) groups excluding carboxylic acids is 1. The summed E-state index contributed by atoms with van der Waals surface area (Å²) in [5.74, 6) is -0.0757. The Morgan fingerprint density at radius 1 is 1.08 bits per heavy atom. The van der Waals surface area contributed by atoms with Gasteiger partial charge in [0.1, 0.15) is 6.10 Å². The highest BCUT2D eigenvalue weighted by atomic mass is 28.4. The molecule has 5 heteroatoms. The van der Waals surface area contributed by atoms with Crippen molar-refractivity contribution in [1.82, 2.24) is 0 Å². The van der Waals surface area contributed by atoms with Gasteiger partial charge in [0.05, 0.1) is 12.7 Å². The van der Waals surface area contributed by atoms with Crippen molar-refractivity contribution >= 4 is 14.6 Å². The van der Waals surface area contributed by atoms with E-state index in [4.69, 9.17) is 9.16 Å². The molecule has 0 saturated carbocycles. The highest BCUT2D eigenvalue weighted by Crippen LogP contribution is 2.26. The van der Waals surface area contributed by atoms with E-state index < -0.39 is 20.5 Å². The third-order valence-electron chi connectivity index (χ3n) is 5.43. The van der Waals surface area contributed by atoms with Crippen LogP contribution in [0.25, 0.3) is 0 Å². The van der Waals surface area contributed by atoms with Crippen molar-refractivity contribution in [2.24, 2.45) is 5.92 Å². The van der Waals surface area contributed by atoms with Gasteiger partial charge in [-0.15, -0.1) is 0 Å². The Bertz CT molecular complexity index is 496. The van der Waals surface area contributed by atoms with Gasteiger partial charge in [-0.25, -0.2) is 0 Å². The predicted molar refractivity (Wildman–Crippen MR) is 109 cm³/mol. The number of rotatable bonds is 13. The molecule has 148 valence electrons. The number of hydrogen-bond donors (Lipinski definition) is 1. The van der Waals surface area contributed by atoms with Crippen LogP contribution >= 0.6 is 0 Å². The molecule has 0 spiro atoms. The smallest absolute Gasteiger partial charge is 0.192 e. The van der Waals surface area contributed by atoms with Gasteiger partial charge in [0.2, 0.25) is 0 Å². The molecule has 0 amide bonds. The molecule has 4 atom stereocenters. The van der Waals surface area contributed by atoms with Gasteiger partial charge in [0.25, 0.3) is 0 Å². The molecule has 0 saturated heterocycles. The number of ether oxygens (including phenoxy) is 1. The van der Waals surface area contributed by atoms with Crippen molar-refractivity contribution < 1.29 is 19.1 Å². The van der Waals surface area contributed by atoms with E-state index in [0.29, 0.717) is 12.9 Å². The van der Waals surface area contributed by atoms with Crippen LogP contribution in [-0.4, -0.2) is 38.0 Å². The van der Waals surface area contributed by atoms with E-state index in [-0.39, 0.29) is 12.0 Å². The highest BCUT2D eigenvalue weighted by Gasteiger charge is 2.33. The molecule has 1 N–H and O–H groups in total. The SMILES string of the molecule is CC[Si](CC)(CC)O[C@H](C)C[C@@H](C)[C@H](O)[C@H](C=O)OCc1ccccc1. The summed E-state index contributed by atoms with van der Waals surface area (Å²) in [6, 6.07) is 13.0. The summed E-state index contributed by atoms with van der Waals surface area (Å²) in [5, 5.41) is 10.6. The maximum Gasteiger partial charge on any atom is 0.192 e. The zero-order valence-electron chi connectivity index (χ0n) is 17.0. The van der Waals surface area contributed by atoms with Crippen LogP contribution in [0.15, 0.2) is 30.3 Å². The van der Waals surface area contributed by atoms with Crippen molar-refractivity contribution in [3.63, 3.8) is 0 Å². The Morgan fingerprint density at radius 2 is 1.65 bits per heavy atom. The van der Waals surface area contributed by atoms with Crippen molar-refractivity contribution in [3.8, 4) is 0 Å². The number of aldehydes is 1. The summed E-state index contributed by atoms with van der Waals surface area (Å²) in [7, 11) is -1.66. The van der Waals surface area contributed by atoms with E-state index in [1.165, 1.54) is 0 Å². The molecule has 0 aromatic heterocycles. The lowest BCUT2D eigenvalue weighted by atomic mass is 9.94. The first-order valence-corrected chi connectivity index (χ1v) is 12.4. The molecule has 0 aliphatic carbocycles. The molecule has 0 heterocycles. The fraction of sp³-hybridized carbons (Fsp3) is 0.667. The number of hydrogen-bond acceptors (Lipinski definition) is 4. The van der Waals surface area contributed by atoms with Crippen LogP contribution in [0.5, 0.6) is 0 Å². The molecule has 1 aromatic carbocycles. The van der Waals surface area contributed by atoms with Gasteiger partial charge in [-0.1, -0.05) is 58.0 Å². The summed E-state index contributed by atoms with van der Waals surface area (Å²) in [6.45, 7) is 11.0. The standard InChI is InChI=1S/C21H36O4Si/c1-6-26(7-2,8-3)25-18(5)14-17(4)21(23)20(15-22)24-16-19-12-10-9-11-13-19/h9-13,15,17-18,20-21,23H,6-8,14,16H2,1-5H3/t17-,18-,20+,21+/m1/s1. The lowest BCUT2D eigenvalue weighted by Crippen LogP contribution is -2.41. The fourth-order valence-corrected chi connectivity index (χ4v) is 6.40. The lowest BCUT2D eigenvalue weighted by molar-refractivity contribution is -0.130. The monoisotopic (exact) mass is 380 g/mol. The minimum Gasteiger partial charge on any atom is -0.414 e. The summed E-state index contributed by atoms with van der Waals surface area (Å²) in [5.41, 5.74) is 0.987. The highest BCUT2D eigenvalue weighted by molar-refractivity contribution is 6.73. The number of aliphatic hydroxyl groups excluding tert-OH is 1. The van der Waals surface area contributed by atoms with E-state index in [1.54, 1.807) is 0 Å².